The summed E-state index contributed by atoms with van der Waals surface area (Å²) in [6.07, 6.45) is -4.58. The van der Waals surface area contributed by atoms with Crippen LogP contribution in [0.3, 0.4) is 0 Å². The van der Waals surface area contributed by atoms with Crippen molar-refractivity contribution in [3.63, 3.8) is 0 Å². The predicted molar refractivity (Wildman–Crippen MR) is 54.4 cm³/mol. The van der Waals surface area contributed by atoms with Gasteiger partial charge in [0.05, 0.1) is 9.95 Å². The summed E-state index contributed by atoms with van der Waals surface area (Å²) in [6, 6.07) is 2.58. The summed E-state index contributed by atoms with van der Waals surface area (Å²) in [5.74, 6) is -0.561. The summed E-state index contributed by atoms with van der Waals surface area (Å²) in [5, 5.41) is 10.5. The van der Waals surface area contributed by atoms with Crippen LogP contribution in [0.2, 0.25) is 5.02 Å². The molecule has 0 fully saturated rings. The molecule has 0 radical (unpaired) electrons. The fourth-order valence-electron chi connectivity index (χ4n) is 1.16. The van der Waals surface area contributed by atoms with Gasteiger partial charge in [-0.15, -0.1) is 0 Å². The fraction of sp³-hybridized carbons (Fsp3) is 0.333. The van der Waals surface area contributed by atoms with E-state index in [0.29, 0.717) is 0 Å². The van der Waals surface area contributed by atoms with E-state index in [4.69, 9.17) is 11.6 Å². The molecular weight excluding hydrogens is 263 g/mol. The van der Waals surface area contributed by atoms with Crippen molar-refractivity contribution in [1.82, 2.24) is 0 Å². The van der Waals surface area contributed by atoms with Crippen molar-refractivity contribution in [2.75, 3.05) is 6.61 Å². The summed E-state index contributed by atoms with van der Waals surface area (Å²) in [7, 11) is 0. The van der Waals surface area contributed by atoms with E-state index in [0.717, 1.165) is 0 Å². The Morgan fingerprint density at radius 1 is 1.47 bits per heavy atom. The van der Waals surface area contributed by atoms with E-state index in [2.05, 4.69) is 4.74 Å². The monoisotopic (exact) mass is 269 g/mol. The van der Waals surface area contributed by atoms with Gasteiger partial charge in [0.1, 0.15) is 0 Å². The second kappa shape index (κ2) is 4.79. The number of nitro groups is 1. The molecule has 0 aliphatic rings. The molecule has 0 spiro atoms. The molecule has 0 saturated carbocycles. The summed E-state index contributed by atoms with van der Waals surface area (Å²) < 4.78 is 40.3. The minimum absolute atomic E-state index is 0.177. The molecule has 8 heteroatoms. The molecule has 1 aromatic carbocycles. The average Bonchev–Trinajstić information content (AvgIpc) is 2.17. The molecule has 1 aromatic rings. The Labute approximate surface area is 99.1 Å². The Bertz CT molecular complexity index is 448. The van der Waals surface area contributed by atoms with Crippen LogP contribution < -0.4 is 4.74 Å². The Kier molecular flexibility index (Phi) is 3.82. The molecule has 0 aliphatic carbocycles. The van der Waals surface area contributed by atoms with Gasteiger partial charge in [0.15, 0.2) is 6.61 Å². The number of rotatable bonds is 3. The van der Waals surface area contributed by atoms with Gasteiger partial charge in [-0.1, -0.05) is 17.7 Å². The molecule has 0 aromatic heterocycles. The van der Waals surface area contributed by atoms with Gasteiger partial charge in [-0.05, 0) is 13.0 Å². The number of aryl methyl sites for hydroxylation is 1. The molecule has 0 heterocycles. The first kappa shape index (κ1) is 13.6. The third-order valence-corrected chi connectivity index (χ3v) is 2.15. The first-order chi connectivity index (χ1) is 7.72. The molecule has 0 saturated heterocycles. The lowest BCUT2D eigenvalue weighted by atomic mass is 10.2. The van der Waals surface area contributed by atoms with Crippen molar-refractivity contribution in [1.29, 1.82) is 0 Å². The van der Waals surface area contributed by atoms with Crippen LogP contribution in [-0.4, -0.2) is 17.7 Å². The van der Waals surface area contributed by atoms with E-state index >= 15 is 0 Å². The smallest absolute Gasteiger partial charge is 0.422 e. The number of ether oxygens (including phenoxy) is 1. The summed E-state index contributed by atoms with van der Waals surface area (Å²) in [6.45, 7) is -0.244. The Morgan fingerprint density at radius 3 is 2.53 bits per heavy atom. The van der Waals surface area contributed by atoms with Gasteiger partial charge >= 0.3 is 11.9 Å². The zero-order valence-electron chi connectivity index (χ0n) is 8.55. The standard InChI is InChI=1S/C9H7ClF3NO3/c1-5-2-3-6(10)8(7(5)14(15)16)17-4-9(11,12)13/h2-3H,4H2,1H3. The molecule has 0 aliphatic heterocycles. The van der Waals surface area contributed by atoms with E-state index in [-0.39, 0.29) is 10.6 Å². The number of nitro benzene ring substituents is 1. The van der Waals surface area contributed by atoms with Crippen molar-refractivity contribution in [3.05, 3.63) is 32.8 Å². The van der Waals surface area contributed by atoms with Gasteiger partial charge in [-0.25, -0.2) is 0 Å². The van der Waals surface area contributed by atoms with Crippen LogP contribution in [0, 0.1) is 17.0 Å². The molecule has 4 nitrogen and oxygen atoms in total. The Hall–Kier alpha value is -1.50. The molecule has 0 N–H and O–H groups in total. The molecule has 1 rings (SSSR count). The second-order valence-electron chi connectivity index (χ2n) is 3.20. The van der Waals surface area contributed by atoms with Crippen LogP contribution in [0.25, 0.3) is 0 Å². The van der Waals surface area contributed by atoms with Crippen LogP contribution in [0.15, 0.2) is 12.1 Å². The number of hydrogen-bond donors (Lipinski definition) is 0. The maximum absolute atomic E-state index is 12.0. The first-order valence-electron chi connectivity index (χ1n) is 4.35. The van der Waals surface area contributed by atoms with Crippen LogP contribution in [0.5, 0.6) is 5.75 Å². The molecule has 0 unspecified atom stereocenters. The predicted octanol–water partition coefficient (Wildman–Crippen LogP) is 3.50. The zero-order chi connectivity index (χ0) is 13.2. The fourth-order valence-corrected chi connectivity index (χ4v) is 1.37. The number of nitrogens with zero attached hydrogens (tertiary/aromatic N) is 1. The highest BCUT2D eigenvalue weighted by Crippen LogP contribution is 2.38. The maximum Gasteiger partial charge on any atom is 0.422 e. The summed E-state index contributed by atoms with van der Waals surface area (Å²) in [4.78, 5) is 9.88. The van der Waals surface area contributed by atoms with Crippen LogP contribution in [-0.2, 0) is 0 Å². The molecule has 0 atom stereocenters. The Morgan fingerprint density at radius 2 is 2.06 bits per heavy atom. The third-order valence-electron chi connectivity index (χ3n) is 1.85. The number of halogens is 4. The zero-order valence-corrected chi connectivity index (χ0v) is 9.30. The number of alkyl halides is 3. The van der Waals surface area contributed by atoms with Crippen molar-refractivity contribution < 1.29 is 22.8 Å². The van der Waals surface area contributed by atoms with Crippen LogP contribution in [0.1, 0.15) is 5.56 Å². The lowest BCUT2D eigenvalue weighted by molar-refractivity contribution is -0.386. The van der Waals surface area contributed by atoms with E-state index in [1.54, 1.807) is 0 Å². The van der Waals surface area contributed by atoms with E-state index in [1.165, 1.54) is 19.1 Å². The van der Waals surface area contributed by atoms with E-state index < -0.39 is 29.1 Å². The first-order valence-corrected chi connectivity index (χ1v) is 4.73. The largest absolute Gasteiger partial charge is 0.476 e. The quantitative estimate of drug-likeness (QED) is 0.623. The number of benzene rings is 1. The highest BCUT2D eigenvalue weighted by atomic mass is 35.5. The van der Waals surface area contributed by atoms with Crippen molar-refractivity contribution in [2.24, 2.45) is 0 Å². The van der Waals surface area contributed by atoms with E-state index in [1.807, 2.05) is 0 Å². The molecule has 0 amide bonds. The second-order valence-corrected chi connectivity index (χ2v) is 3.61. The molecular formula is C9H7ClF3NO3. The highest BCUT2D eigenvalue weighted by molar-refractivity contribution is 6.32. The molecule has 17 heavy (non-hydrogen) atoms. The van der Waals surface area contributed by atoms with Gasteiger partial charge in [0.2, 0.25) is 5.75 Å². The van der Waals surface area contributed by atoms with Crippen molar-refractivity contribution >= 4 is 17.3 Å². The van der Waals surface area contributed by atoms with Crippen LogP contribution >= 0.6 is 11.6 Å². The topological polar surface area (TPSA) is 52.4 Å². The molecule has 94 valence electrons. The van der Waals surface area contributed by atoms with Gasteiger partial charge in [-0.2, -0.15) is 13.2 Å². The third kappa shape index (κ3) is 3.48. The van der Waals surface area contributed by atoms with Crippen molar-refractivity contribution in [3.8, 4) is 5.75 Å². The molecule has 0 bridgehead atoms. The average molecular weight is 270 g/mol. The SMILES string of the molecule is Cc1ccc(Cl)c(OCC(F)(F)F)c1[N+](=O)[O-]. The van der Waals surface area contributed by atoms with Gasteiger partial charge in [0.25, 0.3) is 0 Å². The Balaban J connectivity index is 3.13. The van der Waals surface area contributed by atoms with Gasteiger partial charge in [-0.3, -0.25) is 10.1 Å². The van der Waals surface area contributed by atoms with Gasteiger partial charge < -0.3 is 4.74 Å². The van der Waals surface area contributed by atoms with Crippen molar-refractivity contribution in [2.45, 2.75) is 13.1 Å². The minimum Gasteiger partial charge on any atom is -0.476 e. The summed E-state index contributed by atoms with van der Waals surface area (Å²) >= 11 is 5.58. The highest BCUT2D eigenvalue weighted by Gasteiger charge is 2.31. The van der Waals surface area contributed by atoms with E-state index in [9.17, 15) is 23.3 Å². The van der Waals surface area contributed by atoms with Gasteiger partial charge in [0, 0.05) is 5.56 Å². The van der Waals surface area contributed by atoms with Crippen LogP contribution in [0.4, 0.5) is 18.9 Å². The minimum atomic E-state index is -4.58. The maximum atomic E-state index is 12.0. The summed E-state index contributed by atoms with van der Waals surface area (Å²) in [5.41, 5.74) is -0.377. The lowest BCUT2D eigenvalue weighted by Gasteiger charge is -2.11. The lowest BCUT2D eigenvalue weighted by Crippen LogP contribution is -2.20. The number of hydrogen-bond acceptors (Lipinski definition) is 3. The normalized spacial score (nSPS) is 11.4.